The lowest BCUT2D eigenvalue weighted by Gasteiger charge is -2.26. The van der Waals surface area contributed by atoms with Crippen molar-refractivity contribution < 1.29 is 4.79 Å². The van der Waals surface area contributed by atoms with Crippen LogP contribution in [0.2, 0.25) is 0 Å². The minimum absolute atomic E-state index is 0.135. The van der Waals surface area contributed by atoms with Crippen LogP contribution < -0.4 is 17.0 Å². The van der Waals surface area contributed by atoms with Gasteiger partial charge in [0.2, 0.25) is 0 Å². The molecule has 0 aliphatic rings. The second-order valence-corrected chi connectivity index (χ2v) is 4.77. The number of rotatable bonds is 1. The summed E-state index contributed by atoms with van der Waals surface area (Å²) in [4.78, 5) is 23.1. The first-order valence-electron chi connectivity index (χ1n) is 4.98. The van der Waals surface area contributed by atoms with Gasteiger partial charge in [0.15, 0.2) is 0 Å². The Balaban J connectivity index is 3.72. The lowest BCUT2D eigenvalue weighted by Crippen LogP contribution is -2.37. The number of amides is 1. The van der Waals surface area contributed by atoms with E-state index in [9.17, 15) is 9.59 Å². The van der Waals surface area contributed by atoms with Crippen LogP contribution in [-0.2, 0) is 5.54 Å². The van der Waals surface area contributed by atoms with Crippen molar-refractivity contribution in [1.29, 1.82) is 0 Å². The molecule has 0 atom stereocenters. The predicted molar refractivity (Wildman–Crippen MR) is 63.4 cm³/mol. The Morgan fingerprint density at radius 1 is 1.38 bits per heavy atom. The van der Waals surface area contributed by atoms with E-state index in [2.05, 4.69) is 0 Å². The van der Waals surface area contributed by atoms with Crippen LogP contribution in [0.4, 0.5) is 5.69 Å². The van der Waals surface area contributed by atoms with Gasteiger partial charge in [0.1, 0.15) is 0 Å². The number of anilines is 1. The van der Waals surface area contributed by atoms with Gasteiger partial charge in [-0.05, 0) is 27.7 Å². The van der Waals surface area contributed by atoms with E-state index in [0.717, 1.165) is 0 Å². The lowest BCUT2D eigenvalue weighted by molar-refractivity contribution is 0.0999. The van der Waals surface area contributed by atoms with Gasteiger partial charge in [-0.25, -0.2) is 0 Å². The maximum Gasteiger partial charge on any atom is 0.253 e. The van der Waals surface area contributed by atoms with Crippen molar-refractivity contribution in [1.82, 2.24) is 4.57 Å². The van der Waals surface area contributed by atoms with Crippen LogP contribution in [-0.4, -0.2) is 10.5 Å². The Labute approximate surface area is 94.1 Å². The molecule has 5 heteroatoms. The van der Waals surface area contributed by atoms with Crippen LogP contribution in [0.1, 0.15) is 36.8 Å². The summed E-state index contributed by atoms with van der Waals surface area (Å²) in [6, 6.07) is 1.23. The number of primary amides is 1. The molecule has 88 valence electrons. The zero-order valence-corrected chi connectivity index (χ0v) is 10.00. The summed E-state index contributed by atoms with van der Waals surface area (Å²) < 4.78 is 1.52. The Morgan fingerprint density at radius 2 is 1.88 bits per heavy atom. The van der Waals surface area contributed by atoms with E-state index in [1.165, 1.54) is 10.6 Å². The number of aromatic nitrogens is 1. The van der Waals surface area contributed by atoms with Gasteiger partial charge in [-0.15, -0.1) is 0 Å². The number of pyridine rings is 1. The number of nitrogen functional groups attached to an aromatic ring is 1. The molecule has 1 aromatic heterocycles. The second kappa shape index (κ2) is 3.66. The summed E-state index contributed by atoms with van der Waals surface area (Å²) in [6.45, 7) is 7.30. The largest absolute Gasteiger partial charge is 0.398 e. The van der Waals surface area contributed by atoms with E-state index in [-0.39, 0.29) is 16.8 Å². The summed E-state index contributed by atoms with van der Waals surface area (Å²) in [5, 5.41) is 0. The van der Waals surface area contributed by atoms with E-state index in [0.29, 0.717) is 5.69 Å². The van der Waals surface area contributed by atoms with Crippen LogP contribution >= 0.6 is 0 Å². The van der Waals surface area contributed by atoms with Crippen molar-refractivity contribution in [2.24, 2.45) is 5.73 Å². The van der Waals surface area contributed by atoms with Crippen molar-refractivity contribution >= 4 is 11.6 Å². The van der Waals surface area contributed by atoms with E-state index in [4.69, 9.17) is 11.5 Å². The fourth-order valence-electron chi connectivity index (χ4n) is 1.91. The standard InChI is InChI=1S/C11H17N3O2/c1-6-9(10(13)16)7(12)5-8(15)14(6)11(2,3)4/h5H,12H2,1-4H3,(H2,13,16). The highest BCUT2D eigenvalue weighted by Crippen LogP contribution is 2.19. The lowest BCUT2D eigenvalue weighted by atomic mass is 10.0. The molecule has 1 aromatic rings. The third-order valence-electron chi connectivity index (χ3n) is 2.40. The molecular formula is C11H17N3O2. The highest BCUT2D eigenvalue weighted by molar-refractivity contribution is 5.98. The van der Waals surface area contributed by atoms with Gasteiger partial charge in [-0.2, -0.15) is 0 Å². The first-order valence-corrected chi connectivity index (χ1v) is 4.98. The minimum atomic E-state index is -0.618. The van der Waals surface area contributed by atoms with Crippen molar-refractivity contribution in [2.45, 2.75) is 33.2 Å². The molecule has 0 aliphatic heterocycles. The summed E-state index contributed by atoms with van der Waals surface area (Å²) in [5.41, 5.74) is 11.1. The Morgan fingerprint density at radius 3 is 2.25 bits per heavy atom. The number of hydrogen-bond acceptors (Lipinski definition) is 3. The molecule has 4 N–H and O–H groups in total. The smallest absolute Gasteiger partial charge is 0.253 e. The number of nitrogens with two attached hydrogens (primary N) is 2. The van der Waals surface area contributed by atoms with Crippen LogP contribution in [0, 0.1) is 6.92 Å². The van der Waals surface area contributed by atoms with E-state index in [1.54, 1.807) is 6.92 Å². The highest BCUT2D eigenvalue weighted by Gasteiger charge is 2.22. The zero-order valence-electron chi connectivity index (χ0n) is 10.00. The van der Waals surface area contributed by atoms with Crippen LogP contribution in [0.3, 0.4) is 0 Å². The van der Waals surface area contributed by atoms with Crippen LogP contribution in [0.15, 0.2) is 10.9 Å². The summed E-state index contributed by atoms with van der Waals surface area (Å²) >= 11 is 0. The van der Waals surface area contributed by atoms with Crippen molar-refractivity contribution in [2.75, 3.05) is 5.73 Å². The van der Waals surface area contributed by atoms with E-state index in [1.807, 2.05) is 20.8 Å². The zero-order chi connectivity index (χ0) is 12.7. The molecular weight excluding hydrogens is 206 g/mol. The Bertz CT molecular complexity index is 495. The molecule has 0 aliphatic carbocycles. The molecule has 5 nitrogen and oxygen atoms in total. The van der Waals surface area contributed by atoms with Crippen LogP contribution in [0.25, 0.3) is 0 Å². The van der Waals surface area contributed by atoms with Gasteiger partial charge in [0, 0.05) is 17.3 Å². The van der Waals surface area contributed by atoms with E-state index < -0.39 is 11.4 Å². The maximum atomic E-state index is 11.8. The monoisotopic (exact) mass is 223 g/mol. The number of nitrogens with zero attached hydrogens (tertiary/aromatic N) is 1. The van der Waals surface area contributed by atoms with Crippen molar-refractivity contribution in [3.63, 3.8) is 0 Å². The molecule has 1 heterocycles. The van der Waals surface area contributed by atoms with Gasteiger partial charge in [0.05, 0.1) is 11.3 Å². The number of carbonyl (C=O) groups excluding carboxylic acids is 1. The maximum absolute atomic E-state index is 11.8. The quantitative estimate of drug-likeness (QED) is 0.730. The summed E-state index contributed by atoms with van der Waals surface area (Å²) in [7, 11) is 0. The third kappa shape index (κ3) is 1.93. The average molecular weight is 223 g/mol. The van der Waals surface area contributed by atoms with Crippen LogP contribution in [0.5, 0.6) is 0 Å². The van der Waals surface area contributed by atoms with E-state index >= 15 is 0 Å². The molecule has 0 saturated carbocycles. The fourth-order valence-corrected chi connectivity index (χ4v) is 1.91. The minimum Gasteiger partial charge on any atom is -0.398 e. The van der Waals surface area contributed by atoms with Gasteiger partial charge in [0.25, 0.3) is 11.5 Å². The van der Waals surface area contributed by atoms with Crippen molar-refractivity contribution in [3.05, 3.63) is 27.7 Å². The predicted octanol–water partition coefficient (Wildman–Crippen LogP) is 0.593. The Kier molecular flexibility index (Phi) is 2.81. The van der Waals surface area contributed by atoms with Gasteiger partial charge >= 0.3 is 0 Å². The van der Waals surface area contributed by atoms with Gasteiger partial charge in [-0.1, -0.05) is 0 Å². The topological polar surface area (TPSA) is 91.1 Å². The molecule has 0 saturated heterocycles. The van der Waals surface area contributed by atoms with Gasteiger partial charge < -0.3 is 16.0 Å². The molecule has 0 bridgehead atoms. The molecule has 0 aromatic carbocycles. The molecule has 1 amide bonds. The number of carbonyl (C=O) groups is 1. The summed E-state index contributed by atoms with van der Waals surface area (Å²) in [6.07, 6.45) is 0. The highest BCUT2D eigenvalue weighted by atomic mass is 16.1. The van der Waals surface area contributed by atoms with Gasteiger partial charge in [-0.3, -0.25) is 9.59 Å². The molecule has 16 heavy (non-hydrogen) atoms. The summed E-state index contributed by atoms with van der Waals surface area (Å²) in [5.74, 6) is -0.618. The Hall–Kier alpha value is -1.78. The molecule has 0 radical (unpaired) electrons. The first-order chi connectivity index (χ1) is 7.16. The fraction of sp³-hybridized carbons (Fsp3) is 0.455. The van der Waals surface area contributed by atoms with Crippen molar-refractivity contribution in [3.8, 4) is 0 Å². The molecule has 1 rings (SSSR count). The third-order valence-corrected chi connectivity index (χ3v) is 2.40. The normalized spacial score (nSPS) is 11.5. The first kappa shape index (κ1) is 12.3. The SMILES string of the molecule is Cc1c(C(N)=O)c(N)cc(=O)n1C(C)(C)C. The average Bonchev–Trinajstić information content (AvgIpc) is 1.97. The second-order valence-electron chi connectivity index (χ2n) is 4.77. The molecule has 0 spiro atoms. The molecule has 0 unspecified atom stereocenters. The number of hydrogen-bond donors (Lipinski definition) is 2. The molecule has 0 fully saturated rings.